The average molecular weight is 584 g/mol. The maximum absolute atomic E-state index is 12.7. The molecule has 0 aromatic heterocycles. The van der Waals surface area contributed by atoms with Crippen LogP contribution in [0.15, 0.2) is 101 Å². The number of halogens is 3. The fourth-order valence-electron chi connectivity index (χ4n) is 3.25. The number of hydrogen-bond donors (Lipinski definition) is 1. The van der Waals surface area contributed by atoms with Crippen LogP contribution in [0.3, 0.4) is 0 Å². The lowest BCUT2D eigenvalue weighted by Crippen LogP contribution is -2.18. The summed E-state index contributed by atoms with van der Waals surface area (Å²) in [7, 11) is 0. The molecule has 0 fully saturated rings. The van der Waals surface area contributed by atoms with Gasteiger partial charge >= 0.3 is 0 Å². The first-order valence-corrected chi connectivity index (χ1v) is 12.5. The van der Waals surface area contributed by atoms with Crippen molar-refractivity contribution in [1.82, 2.24) is 5.43 Å². The molecule has 4 aromatic rings. The molecule has 4 aromatic carbocycles. The molecule has 1 amide bonds. The molecule has 0 heterocycles. The minimum absolute atomic E-state index is 0.295. The Bertz CT molecular complexity index is 1380. The predicted octanol–water partition coefficient (Wildman–Crippen LogP) is 7.68. The second-order valence-corrected chi connectivity index (χ2v) is 9.38. The second kappa shape index (κ2) is 12.6. The third-order valence-electron chi connectivity index (χ3n) is 5.10. The van der Waals surface area contributed by atoms with Crippen molar-refractivity contribution >= 4 is 51.3 Å². The van der Waals surface area contributed by atoms with Crippen LogP contribution in [0.5, 0.6) is 11.5 Å². The number of benzene rings is 4. The first-order valence-electron chi connectivity index (χ1n) is 10.9. The van der Waals surface area contributed by atoms with Crippen molar-refractivity contribution in [1.29, 1.82) is 0 Å². The maximum Gasteiger partial charge on any atom is 0.275 e. The fraction of sp³-hybridized carbons (Fsp3) is 0.0714. The smallest absolute Gasteiger partial charge is 0.275 e. The minimum Gasteiger partial charge on any atom is -0.488 e. The van der Waals surface area contributed by atoms with Gasteiger partial charge in [0, 0.05) is 15.6 Å². The van der Waals surface area contributed by atoms with Crippen LogP contribution in [0.25, 0.3) is 0 Å². The normalized spacial score (nSPS) is 10.9. The van der Waals surface area contributed by atoms with Crippen molar-refractivity contribution < 1.29 is 14.3 Å². The fourth-order valence-corrected chi connectivity index (χ4v) is 4.22. The van der Waals surface area contributed by atoms with Gasteiger partial charge in [-0.25, -0.2) is 5.43 Å². The molecule has 4 rings (SSSR count). The van der Waals surface area contributed by atoms with E-state index in [0.717, 1.165) is 21.2 Å². The Kier molecular flexibility index (Phi) is 9.01. The topological polar surface area (TPSA) is 59.9 Å². The van der Waals surface area contributed by atoms with Crippen molar-refractivity contribution in [2.24, 2.45) is 5.10 Å². The first-order chi connectivity index (χ1) is 17.5. The molecule has 8 heteroatoms. The molecular formula is C28H21BrCl2N2O3. The molecule has 182 valence electrons. The van der Waals surface area contributed by atoms with Gasteiger partial charge in [-0.3, -0.25) is 4.79 Å². The van der Waals surface area contributed by atoms with Gasteiger partial charge in [0.05, 0.1) is 16.3 Å². The van der Waals surface area contributed by atoms with Gasteiger partial charge in [0.15, 0.2) is 0 Å². The molecule has 0 spiro atoms. The van der Waals surface area contributed by atoms with Crippen LogP contribution in [0, 0.1) is 0 Å². The second-order valence-electron chi connectivity index (χ2n) is 7.68. The molecule has 36 heavy (non-hydrogen) atoms. The van der Waals surface area contributed by atoms with Gasteiger partial charge in [-0.2, -0.15) is 5.10 Å². The highest BCUT2D eigenvalue weighted by molar-refractivity contribution is 9.10. The van der Waals surface area contributed by atoms with E-state index in [-0.39, 0.29) is 5.91 Å². The minimum atomic E-state index is -0.367. The summed E-state index contributed by atoms with van der Waals surface area (Å²) >= 11 is 15.7. The number of para-hydroxylation sites is 1. The third kappa shape index (κ3) is 7.10. The highest BCUT2D eigenvalue weighted by atomic mass is 79.9. The number of nitrogens with one attached hydrogen (secondary N) is 1. The summed E-state index contributed by atoms with van der Waals surface area (Å²) < 4.78 is 12.5. The number of nitrogens with zero attached hydrogens (tertiary/aromatic N) is 1. The number of hydrazone groups is 1. The van der Waals surface area contributed by atoms with Crippen molar-refractivity contribution in [3.05, 3.63) is 128 Å². The van der Waals surface area contributed by atoms with E-state index in [9.17, 15) is 4.79 Å². The van der Waals surface area contributed by atoms with Crippen LogP contribution in [0.1, 0.15) is 27.0 Å². The zero-order valence-electron chi connectivity index (χ0n) is 19.0. The van der Waals surface area contributed by atoms with Crippen molar-refractivity contribution in [3.63, 3.8) is 0 Å². The molecule has 0 aliphatic rings. The zero-order valence-corrected chi connectivity index (χ0v) is 22.1. The molecular weight excluding hydrogens is 563 g/mol. The molecule has 0 radical (unpaired) electrons. The highest BCUT2D eigenvalue weighted by Crippen LogP contribution is 2.28. The Labute approximate surface area is 227 Å². The van der Waals surface area contributed by atoms with Crippen LogP contribution in [-0.2, 0) is 13.2 Å². The Balaban J connectivity index is 1.34. The molecule has 5 nitrogen and oxygen atoms in total. The summed E-state index contributed by atoms with van der Waals surface area (Å²) in [5.74, 6) is 0.763. The van der Waals surface area contributed by atoms with Gasteiger partial charge in [0.25, 0.3) is 5.91 Å². The van der Waals surface area contributed by atoms with E-state index in [1.54, 1.807) is 36.5 Å². The van der Waals surface area contributed by atoms with Gasteiger partial charge < -0.3 is 9.47 Å². The molecule has 0 unspecified atom stereocenters. The van der Waals surface area contributed by atoms with Crippen LogP contribution in [-0.4, -0.2) is 12.1 Å². The van der Waals surface area contributed by atoms with Crippen LogP contribution >= 0.6 is 39.1 Å². The third-order valence-corrected chi connectivity index (χ3v) is 6.31. The Morgan fingerprint density at radius 2 is 1.61 bits per heavy atom. The predicted molar refractivity (Wildman–Crippen MR) is 147 cm³/mol. The summed E-state index contributed by atoms with van der Waals surface area (Å²) in [5.41, 5.74) is 5.57. The number of hydrogen-bond acceptors (Lipinski definition) is 4. The molecule has 0 aliphatic carbocycles. The molecule has 0 atom stereocenters. The lowest BCUT2D eigenvalue weighted by molar-refractivity contribution is 0.0950. The SMILES string of the molecule is O=C(N/N=C/c1ccc(OCc2ccc(Cl)cc2Cl)c(Br)c1)c1ccccc1OCc1ccccc1. The lowest BCUT2D eigenvalue weighted by atomic mass is 10.2. The van der Waals surface area contributed by atoms with E-state index in [1.165, 1.54) is 0 Å². The van der Waals surface area contributed by atoms with Gasteiger partial charge in [-0.1, -0.05) is 71.7 Å². The number of carbonyl (C=O) groups excluding carboxylic acids is 1. The molecule has 0 saturated heterocycles. The molecule has 0 bridgehead atoms. The summed E-state index contributed by atoms with van der Waals surface area (Å²) in [5, 5.41) is 5.21. The van der Waals surface area contributed by atoms with Crippen molar-refractivity contribution in [2.45, 2.75) is 13.2 Å². The lowest BCUT2D eigenvalue weighted by Gasteiger charge is -2.11. The quantitative estimate of drug-likeness (QED) is 0.162. The van der Waals surface area contributed by atoms with E-state index < -0.39 is 0 Å². The number of ether oxygens (including phenoxy) is 2. The van der Waals surface area contributed by atoms with Gasteiger partial charge in [0.1, 0.15) is 24.7 Å². The van der Waals surface area contributed by atoms with Gasteiger partial charge in [0.2, 0.25) is 0 Å². The monoisotopic (exact) mass is 582 g/mol. The van der Waals surface area contributed by atoms with Gasteiger partial charge in [-0.15, -0.1) is 0 Å². The van der Waals surface area contributed by atoms with Crippen LogP contribution in [0.2, 0.25) is 10.0 Å². The van der Waals surface area contributed by atoms with E-state index in [0.29, 0.717) is 40.3 Å². The number of rotatable bonds is 9. The Hall–Kier alpha value is -3.32. The largest absolute Gasteiger partial charge is 0.488 e. The number of carbonyl (C=O) groups is 1. The highest BCUT2D eigenvalue weighted by Gasteiger charge is 2.12. The summed E-state index contributed by atoms with van der Waals surface area (Å²) in [4.78, 5) is 12.7. The van der Waals surface area contributed by atoms with E-state index in [4.69, 9.17) is 32.7 Å². The Morgan fingerprint density at radius 3 is 2.39 bits per heavy atom. The number of amides is 1. The maximum atomic E-state index is 12.7. The molecule has 0 saturated carbocycles. The summed E-state index contributed by atoms with van der Waals surface area (Å²) in [6.45, 7) is 0.658. The zero-order chi connectivity index (χ0) is 25.3. The van der Waals surface area contributed by atoms with E-state index in [2.05, 4.69) is 26.5 Å². The van der Waals surface area contributed by atoms with Crippen molar-refractivity contribution in [3.8, 4) is 11.5 Å². The molecule has 1 N–H and O–H groups in total. The average Bonchev–Trinajstić information content (AvgIpc) is 2.88. The summed E-state index contributed by atoms with van der Waals surface area (Å²) in [6.07, 6.45) is 1.55. The van der Waals surface area contributed by atoms with Crippen molar-refractivity contribution in [2.75, 3.05) is 0 Å². The van der Waals surface area contributed by atoms with Crippen LogP contribution in [0.4, 0.5) is 0 Å². The van der Waals surface area contributed by atoms with E-state index in [1.807, 2.05) is 60.7 Å². The molecule has 0 aliphatic heterocycles. The van der Waals surface area contributed by atoms with Crippen LogP contribution < -0.4 is 14.9 Å². The Morgan fingerprint density at radius 1 is 0.861 bits per heavy atom. The first kappa shape index (κ1) is 25.8. The standard InChI is InChI=1S/C28H21BrCl2N2O3/c29-24-14-20(10-13-27(24)36-18-21-11-12-22(30)15-25(21)31)16-32-33-28(34)23-8-4-5-9-26(23)35-17-19-6-2-1-3-7-19/h1-16H,17-18H2,(H,33,34)/b32-16+. The van der Waals surface area contributed by atoms with Gasteiger partial charge in [-0.05, 0) is 69.5 Å². The van der Waals surface area contributed by atoms with E-state index >= 15 is 0 Å². The summed E-state index contributed by atoms with van der Waals surface area (Å²) in [6, 6.07) is 27.6.